The van der Waals surface area contributed by atoms with Gasteiger partial charge < -0.3 is 31.4 Å². The summed E-state index contributed by atoms with van der Waals surface area (Å²) in [5.74, 6) is -1.58. The van der Waals surface area contributed by atoms with E-state index in [2.05, 4.69) is 36.2 Å². The molecular formula is C43H45N7O5. The molecule has 0 radical (unpaired) electrons. The van der Waals surface area contributed by atoms with Crippen LogP contribution in [0.4, 0.5) is 0 Å². The second-order valence-corrected chi connectivity index (χ2v) is 14.5. The third-order valence-electron chi connectivity index (χ3n) is 9.00. The molecule has 0 saturated heterocycles. The van der Waals surface area contributed by atoms with Crippen LogP contribution in [0.2, 0.25) is 0 Å². The number of nitrogens with zero attached hydrogens (tertiary/aromatic N) is 2. The third-order valence-corrected chi connectivity index (χ3v) is 9.00. The Kier molecular flexibility index (Phi) is 12.0. The molecule has 0 saturated carbocycles. The van der Waals surface area contributed by atoms with Crippen molar-refractivity contribution in [2.75, 3.05) is 0 Å². The lowest BCUT2D eigenvalue weighted by Gasteiger charge is -2.28. The smallest absolute Gasteiger partial charge is 0.270 e. The van der Waals surface area contributed by atoms with E-state index >= 15 is 0 Å². The van der Waals surface area contributed by atoms with Crippen LogP contribution in [0, 0.1) is 0 Å². The fourth-order valence-corrected chi connectivity index (χ4v) is 6.29. The number of aliphatic hydroxyl groups is 1. The molecular weight excluding hydrogens is 695 g/mol. The summed E-state index contributed by atoms with van der Waals surface area (Å²) in [6.45, 7) is 5.73. The number of hydrogen-bond acceptors (Lipinski definition) is 7. The highest BCUT2D eigenvalue weighted by Gasteiger charge is 2.30. The van der Waals surface area contributed by atoms with Crippen LogP contribution < -0.4 is 21.3 Å². The highest BCUT2D eigenvalue weighted by molar-refractivity contribution is 5.99. The second-order valence-electron chi connectivity index (χ2n) is 14.5. The van der Waals surface area contributed by atoms with Crippen LogP contribution in [0.25, 0.3) is 21.9 Å². The average Bonchev–Trinajstić information content (AvgIpc) is 3.59. The number of hydrogen-bond donors (Lipinski definition) is 6. The van der Waals surface area contributed by atoms with Crippen LogP contribution in [0.5, 0.6) is 0 Å². The first-order valence-electron chi connectivity index (χ1n) is 18.2. The highest BCUT2D eigenvalue weighted by Crippen LogP contribution is 2.18. The number of aromatic amines is 1. The van der Waals surface area contributed by atoms with Gasteiger partial charge in [-0.25, -0.2) is 9.97 Å². The first kappa shape index (κ1) is 38.3. The van der Waals surface area contributed by atoms with Crippen molar-refractivity contribution in [1.82, 2.24) is 36.2 Å². The summed E-state index contributed by atoms with van der Waals surface area (Å²) >= 11 is 0. The number of rotatable bonds is 14. The monoisotopic (exact) mass is 739 g/mol. The van der Waals surface area contributed by atoms with E-state index in [1.54, 1.807) is 42.5 Å². The topological polar surface area (TPSA) is 178 Å². The van der Waals surface area contributed by atoms with Crippen LogP contribution in [0.1, 0.15) is 65.0 Å². The van der Waals surface area contributed by atoms with Gasteiger partial charge in [0.15, 0.2) is 0 Å². The molecule has 12 heteroatoms. The van der Waals surface area contributed by atoms with E-state index in [0.29, 0.717) is 22.5 Å². The molecule has 2 aromatic heterocycles. The van der Waals surface area contributed by atoms with Gasteiger partial charge in [0.1, 0.15) is 17.6 Å². The third kappa shape index (κ3) is 10.4. The lowest BCUT2D eigenvalue weighted by Crippen LogP contribution is -2.54. The van der Waals surface area contributed by atoms with Gasteiger partial charge in [0, 0.05) is 22.9 Å². The minimum absolute atomic E-state index is 0.0432. The maximum atomic E-state index is 14.2. The molecule has 0 fully saturated rings. The van der Waals surface area contributed by atoms with E-state index < -0.39 is 47.9 Å². The van der Waals surface area contributed by atoms with Gasteiger partial charge in [-0.2, -0.15) is 0 Å². The number of aliphatic hydroxyl groups excluding tert-OH is 1. The Morgan fingerprint density at radius 1 is 0.727 bits per heavy atom. The molecule has 0 spiro atoms. The number of amides is 4. The Bertz CT molecular complexity index is 2270. The number of aromatic nitrogens is 3. The van der Waals surface area contributed by atoms with E-state index in [-0.39, 0.29) is 31.0 Å². The van der Waals surface area contributed by atoms with Crippen molar-refractivity contribution in [2.45, 2.75) is 70.3 Å². The SMILES string of the molecule is CC(C)(C)NC(=O)c1ccccc1C[C@@H](O)[C@H](Cc1ccccc1)NC(=O)[C@H](CC(=O)NCc1nc2ccccc2[nH]1)NC(=O)c1ccc2ccccc2n1. The van der Waals surface area contributed by atoms with E-state index in [1.807, 2.05) is 93.6 Å². The van der Waals surface area contributed by atoms with Crippen molar-refractivity contribution in [3.63, 3.8) is 0 Å². The number of carbonyl (C=O) groups is 4. The molecule has 0 bridgehead atoms. The summed E-state index contributed by atoms with van der Waals surface area (Å²) in [5.41, 5.74) is 3.62. The number of fused-ring (bicyclic) bond motifs is 2. The molecule has 55 heavy (non-hydrogen) atoms. The second kappa shape index (κ2) is 17.2. The fraction of sp³-hybridized carbons (Fsp3) is 0.256. The average molecular weight is 740 g/mol. The van der Waals surface area contributed by atoms with Gasteiger partial charge in [0.25, 0.3) is 11.8 Å². The van der Waals surface area contributed by atoms with Crippen molar-refractivity contribution in [3.8, 4) is 0 Å². The minimum atomic E-state index is -1.34. The summed E-state index contributed by atoms with van der Waals surface area (Å²) in [7, 11) is 0. The predicted molar refractivity (Wildman–Crippen MR) is 211 cm³/mol. The van der Waals surface area contributed by atoms with Gasteiger partial charge in [-0.05, 0) is 68.7 Å². The Morgan fingerprint density at radius 2 is 1.42 bits per heavy atom. The van der Waals surface area contributed by atoms with Gasteiger partial charge in [-0.15, -0.1) is 0 Å². The minimum Gasteiger partial charge on any atom is -0.391 e. The van der Waals surface area contributed by atoms with Gasteiger partial charge in [0.05, 0.1) is 41.7 Å². The van der Waals surface area contributed by atoms with Crippen LogP contribution in [0.15, 0.2) is 115 Å². The zero-order valence-corrected chi connectivity index (χ0v) is 31.0. The van der Waals surface area contributed by atoms with Gasteiger partial charge >= 0.3 is 0 Å². The van der Waals surface area contributed by atoms with Crippen molar-refractivity contribution >= 4 is 45.6 Å². The largest absolute Gasteiger partial charge is 0.391 e. The molecule has 12 nitrogen and oxygen atoms in total. The zero-order valence-electron chi connectivity index (χ0n) is 31.0. The van der Waals surface area contributed by atoms with Gasteiger partial charge in [-0.3, -0.25) is 19.2 Å². The molecule has 0 aliphatic rings. The lowest BCUT2D eigenvalue weighted by atomic mass is 9.93. The van der Waals surface area contributed by atoms with Crippen molar-refractivity contribution < 1.29 is 24.3 Å². The highest BCUT2D eigenvalue weighted by atomic mass is 16.3. The first-order chi connectivity index (χ1) is 26.4. The summed E-state index contributed by atoms with van der Waals surface area (Å²) in [6, 6.07) is 32.3. The standard InChI is InChI=1S/C43H45N7O5/c1-43(2,3)50-40(53)30-17-9-7-16-29(30)24-37(51)35(23-27-13-5-4-6-14-27)48-42(55)36(49-41(54)34-22-21-28-15-8-10-18-31(28)45-34)25-39(52)44-26-38-46-32-19-11-12-20-33(32)47-38/h4-22,35-37,51H,23-26H2,1-3H3,(H,44,52)(H,46,47)(H,48,55)(H,49,54)(H,50,53)/t35-,36-,37+/m0/s1. The number of nitrogens with one attached hydrogen (secondary N) is 5. The zero-order chi connectivity index (χ0) is 39.0. The molecule has 4 aromatic carbocycles. The Morgan fingerprint density at radius 3 is 2.18 bits per heavy atom. The molecule has 6 aromatic rings. The van der Waals surface area contributed by atoms with Gasteiger partial charge in [-0.1, -0.05) is 84.9 Å². The Hall–Kier alpha value is -6.40. The van der Waals surface area contributed by atoms with Gasteiger partial charge in [0.2, 0.25) is 11.8 Å². The Balaban J connectivity index is 1.24. The molecule has 2 heterocycles. The number of H-pyrrole nitrogens is 1. The number of pyridine rings is 1. The van der Waals surface area contributed by atoms with Crippen molar-refractivity contribution in [3.05, 3.63) is 143 Å². The van der Waals surface area contributed by atoms with E-state index in [9.17, 15) is 24.3 Å². The van der Waals surface area contributed by atoms with Crippen LogP contribution >= 0.6 is 0 Å². The van der Waals surface area contributed by atoms with E-state index in [1.165, 1.54) is 0 Å². The summed E-state index contributed by atoms with van der Waals surface area (Å²) in [6.07, 6.45) is -1.29. The lowest BCUT2D eigenvalue weighted by molar-refractivity contribution is -0.129. The first-order valence-corrected chi connectivity index (χ1v) is 18.2. The Labute approximate surface area is 319 Å². The van der Waals surface area contributed by atoms with Crippen LogP contribution in [-0.2, 0) is 29.0 Å². The van der Waals surface area contributed by atoms with E-state index in [0.717, 1.165) is 22.0 Å². The maximum Gasteiger partial charge on any atom is 0.270 e. The predicted octanol–water partition coefficient (Wildman–Crippen LogP) is 4.78. The summed E-state index contributed by atoms with van der Waals surface area (Å²) in [4.78, 5) is 66.6. The van der Waals surface area contributed by atoms with Crippen LogP contribution in [0.3, 0.4) is 0 Å². The van der Waals surface area contributed by atoms with E-state index in [4.69, 9.17) is 0 Å². The maximum absolute atomic E-state index is 14.2. The number of para-hydroxylation sites is 3. The molecule has 0 aliphatic heterocycles. The normalized spacial score (nSPS) is 13.1. The molecule has 4 amide bonds. The van der Waals surface area contributed by atoms with Crippen molar-refractivity contribution in [1.29, 1.82) is 0 Å². The molecule has 3 atom stereocenters. The summed E-state index contributed by atoms with van der Waals surface area (Å²) in [5, 5.41) is 24.0. The molecule has 0 unspecified atom stereocenters. The number of imidazole rings is 1. The molecule has 6 rings (SSSR count). The molecule has 282 valence electrons. The number of carbonyl (C=O) groups excluding carboxylic acids is 4. The summed E-state index contributed by atoms with van der Waals surface area (Å²) < 4.78 is 0. The fourth-order valence-electron chi connectivity index (χ4n) is 6.29. The molecule has 6 N–H and O–H groups in total. The van der Waals surface area contributed by atoms with Crippen LogP contribution in [-0.4, -0.2) is 67.4 Å². The molecule has 0 aliphatic carbocycles. The van der Waals surface area contributed by atoms with Crippen molar-refractivity contribution in [2.24, 2.45) is 0 Å². The quantitative estimate of drug-likeness (QED) is 0.0932. The number of benzene rings is 4.